The molecule has 8 rings (SSSR count). The minimum atomic E-state index is -1.22. The number of hydrazine groups is 1. The molecule has 1 saturated heterocycles. The van der Waals surface area contributed by atoms with Crippen molar-refractivity contribution in [1.82, 2.24) is 56.8 Å². The van der Waals surface area contributed by atoms with E-state index >= 15 is 0 Å². The molecule has 22 heteroatoms. The molecule has 22 nitrogen and oxygen atoms in total. The average Bonchev–Trinajstić information content (AvgIpc) is 1.59. The summed E-state index contributed by atoms with van der Waals surface area (Å²) in [5, 5.41) is 50.1. The molecule has 0 radical (unpaired) electrons. The first kappa shape index (κ1) is 74.8. The minimum Gasteiger partial charge on any atom is -0.453 e. The van der Waals surface area contributed by atoms with Crippen molar-refractivity contribution in [2.75, 3.05) is 46.9 Å². The number of methoxy groups -OCH3 is 2. The number of amides is 6. The van der Waals surface area contributed by atoms with Crippen LogP contribution in [0.1, 0.15) is 108 Å². The van der Waals surface area contributed by atoms with Crippen LogP contribution in [0.15, 0.2) is 158 Å². The number of nitrogens with zero attached hydrogens (tertiary/aromatic N) is 5. The van der Waals surface area contributed by atoms with Gasteiger partial charge in [0, 0.05) is 87.8 Å². The molecular formula is C74H99N11O11. The second-order valence-electron chi connectivity index (χ2n) is 28.1. The Morgan fingerprint density at radius 2 is 1.24 bits per heavy atom. The zero-order valence-electron chi connectivity index (χ0n) is 57.3. The molecule has 0 spiro atoms. The number of fused-ring (bicyclic) bond motifs is 1. The van der Waals surface area contributed by atoms with Crippen molar-refractivity contribution in [3.8, 4) is 11.3 Å². The first-order chi connectivity index (χ1) is 45.6. The molecule has 1 aliphatic carbocycles. The van der Waals surface area contributed by atoms with E-state index in [2.05, 4.69) is 51.8 Å². The topological polar surface area (TPSA) is 289 Å². The van der Waals surface area contributed by atoms with Crippen LogP contribution in [0.2, 0.25) is 0 Å². The molecule has 2 aliphatic rings. The number of carbonyl (C=O) groups is 6. The van der Waals surface area contributed by atoms with Crippen LogP contribution in [0.3, 0.4) is 0 Å². The van der Waals surface area contributed by atoms with Gasteiger partial charge in [0.1, 0.15) is 18.1 Å². The highest BCUT2D eigenvalue weighted by Gasteiger charge is 2.40. The van der Waals surface area contributed by atoms with E-state index in [0.29, 0.717) is 32.5 Å². The van der Waals surface area contributed by atoms with Crippen molar-refractivity contribution in [2.24, 2.45) is 16.7 Å². The van der Waals surface area contributed by atoms with Crippen LogP contribution >= 0.6 is 0 Å². The fourth-order valence-electron chi connectivity index (χ4n) is 11.9. The lowest BCUT2D eigenvalue weighted by Gasteiger charge is -2.42. The normalized spacial score (nSPS) is 17.7. The van der Waals surface area contributed by atoms with Crippen molar-refractivity contribution in [1.29, 1.82) is 0 Å². The third kappa shape index (κ3) is 23.0. The fraction of sp³-hybridized carbons (Fsp3) is 0.459. The van der Waals surface area contributed by atoms with Crippen LogP contribution in [0, 0.1) is 16.7 Å². The highest BCUT2D eigenvalue weighted by atomic mass is 16.5. The van der Waals surface area contributed by atoms with Crippen LogP contribution in [-0.4, -0.2) is 171 Å². The molecule has 2 aromatic heterocycles. The SMILES string of the molecule is CC(C)(C)NC(=O)[C@@H]1CN(Cc2cccnc2)CCN1C[C@@H](O)C[C@@H](Cc1ccccc1)C(=O)N[C@H]1c2ccccc2C[C@H]1O.COC(=O)N[C@H](C(=O)N[C@@H](Cc1ccccc1)[C@@H](O)CN(Cc1ccc(-c2ccccn2)cc1)NC(=O)[C@@H](NC(=O)OC)C(C)(C)C)C(C)(C)C. The van der Waals surface area contributed by atoms with E-state index < -0.39 is 94.8 Å². The summed E-state index contributed by atoms with van der Waals surface area (Å²) < 4.78 is 9.54. The molecule has 1 aliphatic heterocycles. The zero-order chi connectivity index (χ0) is 69.7. The summed E-state index contributed by atoms with van der Waals surface area (Å²) in [7, 11) is 2.44. The number of aromatic nitrogens is 2. The largest absolute Gasteiger partial charge is 0.453 e. The number of β-amino-alcohol motifs (C(OH)–C–C–N with tert-alkyl or cyclic N) is 1. The Morgan fingerprint density at radius 3 is 1.82 bits per heavy atom. The minimum absolute atomic E-state index is 0.0712. The third-order valence-electron chi connectivity index (χ3n) is 16.9. The lowest BCUT2D eigenvalue weighted by atomic mass is 9.85. The van der Waals surface area contributed by atoms with E-state index in [4.69, 9.17) is 9.47 Å². The summed E-state index contributed by atoms with van der Waals surface area (Å²) in [5.74, 6) is -1.82. The zero-order valence-corrected chi connectivity index (χ0v) is 57.3. The maximum atomic E-state index is 13.8. The van der Waals surface area contributed by atoms with Crippen LogP contribution in [-0.2, 0) is 61.0 Å². The Labute approximate surface area is 565 Å². The van der Waals surface area contributed by atoms with E-state index in [1.807, 2.05) is 187 Å². The Morgan fingerprint density at radius 1 is 0.646 bits per heavy atom. The van der Waals surface area contributed by atoms with Crippen LogP contribution in [0.25, 0.3) is 11.3 Å². The standard InChI is InChI=1S/C38H52N6O7.C36H47N5O4/c1-37(2,3)31(41-35(48)50-7)33(46)40-29(22-25-14-10-9-11-15-25)30(45)24-44(43-34(47)32(38(4,5)6)42-36(49)51-8)23-26-17-19-27(20-18-26)28-16-12-13-21-39-28;1-36(2,3)39-35(45)31-24-40(22-26-12-9-15-37-21-26)16-17-41(31)23-29(42)19-28(18-25-10-5-4-6-11-25)34(44)38-33-30-14-8-7-13-27(30)20-32(33)43/h9-21,29-32,45H,22-24H2,1-8H3,(H,40,46)(H,41,48)(H,42,49)(H,43,47);4-15,21,28-29,31-33,42-43H,16-20,22-24H2,1-3H3,(H,38,44)(H,39,45)/t29-,30-,31+,32+;28-,29+,31+,32-,33+/m01/s1. The lowest BCUT2D eigenvalue weighted by Crippen LogP contribution is -2.61. The molecule has 0 bridgehead atoms. The van der Waals surface area contributed by atoms with Gasteiger partial charge >= 0.3 is 12.2 Å². The first-order valence-corrected chi connectivity index (χ1v) is 32.8. The van der Waals surface area contributed by atoms with E-state index in [1.54, 1.807) is 38.2 Å². The first-order valence-electron chi connectivity index (χ1n) is 32.8. The maximum absolute atomic E-state index is 13.8. The highest BCUT2D eigenvalue weighted by Crippen LogP contribution is 2.33. The second kappa shape index (κ2) is 34.9. The van der Waals surface area contributed by atoms with E-state index in [0.717, 1.165) is 51.2 Å². The number of alkyl carbamates (subject to hydrolysis) is 2. The van der Waals surface area contributed by atoms with Crippen molar-refractivity contribution < 1.29 is 53.6 Å². The number of pyridine rings is 2. The number of rotatable bonds is 25. The molecule has 6 aromatic rings. The molecule has 96 heavy (non-hydrogen) atoms. The van der Waals surface area contributed by atoms with Gasteiger partial charge < -0.3 is 51.4 Å². The van der Waals surface area contributed by atoms with E-state index in [-0.39, 0.29) is 44.3 Å². The molecule has 516 valence electrons. The van der Waals surface area contributed by atoms with Crippen LogP contribution < -0.4 is 32.0 Å². The summed E-state index contributed by atoms with van der Waals surface area (Å²) in [6.45, 7) is 19.6. The number of aliphatic hydroxyl groups is 3. The Hall–Kier alpha value is -8.64. The number of hydrogen-bond acceptors (Lipinski definition) is 16. The number of benzene rings is 4. The van der Waals surface area contributed by atoms with E-state index in [1.165, 1.54) is 14.2 Å². The molecule has 6 amide bonds. The third-order valence-corrected chi connectivity index (χ3v) is 16.9. The lowest BCUT2D eigenvalue weighted by molar-refractivity contribution is -0.132. The summed E-state index contributed by atoms with van der Waals surface area (Å²) >= 11 is 0. The number of nitrogens with one attached hydrogen (secondary N) is 6. The maximum Gasteiger partial charge on any atom is 0.407 e. The van der Waals surface area contributed by atoms with Crippen molar-refractivity contribution in [3.63, 3.8) is 0 Å². The number of ether oxygens (including phenoxy) is 2. The second-order valence-corrected chi connectivity index (χ2v) is 28.1. The van der Waals surface area contributed by atoms with Gasteiger partial charge in [-0.3, -0.25) is 44.4 Å². The van der Waals surface area contributed by atoms with Gasteiger partial charge in [-0.2, -0.15) is 0 Å². The summed E-state index contributed by atoms with van der Waals surface area (Å²) in [6.07, 6.45) is 2.48. The van der Waals surface area contributed by atoms with Crippen LogP contribution in [0.4, 0.5) is 9.59 Å². The number of aliphatic hydroxyl groups excluding tert-OH is 3. The molecule has 0 unspecified atom stereocenters. The van der Waals surface area contributed by atoms with Crippen LogP contribution in [0.5, 0.6) is 0 Å². The molecule has 0 saturated carbocycles. The Balaban J connectivity index is 0.000000273. The van der Waals surface area contributed by atoms with Gasteiger partial charge in [0.2, 0.25) is 17.7 Å². The van der Waals surface area contributed by atoms with Gasteiger partial charge in [0.25, 0.3) is 5.91 Å². The van der Waals surface area contributed by atoms with Gasteiger partial charge in [0.15, 0.2) is 0 Å². The number of hydrogen-bond donors (Lipinski definition) is 9. The Kier molecular flexibility index (Phi) is 27.1. The number of piperazine rings is 1. The molecule has 1 fully saturated rings. The van der Waals surface area contributed by atoms with Crippen molar-refractivity contribution >= 4 is 35.8 Å². The van der Waals surface area contributed by atoms with Gasteiger partial charge in [-0.15, -0.1) is 0 Å². The van der Waals surface area contributed by atoms with Crippen molar-refractivity contribution in [2.45, 2.75) is 155 Å². The predicted molar refractivity (Wildman–Crippen MR) is 368 cm³/mol. The summed E-state index contributed by atoms with van der Waals surface area (Å²) in [4.78, 5) is 92.2. The molecular weight excluding hydrogens is 1220 g/mol. The van der Waals surface area contributed by atoms with Gasteiger partial charge in [0.05, 0.1) is 50.3 Å². The predicted octanol–water partition coefficient (Wildman–Crippen LogP) is 7.08. The highest BCUT2D eigenvalue weighted by molar-refractivity contribution is 5.87. The molecule has 3 heterocycles. The molecule has 9 atom stereocenters. The summed E-state index contributed by atoms with van der Waals surface area (Å²) in [6, 6.07) is 40.5. The quantitative estimate of drug-likeness (QED) is 0.0259. The fourth-order valence-corrected chi connectivity index (χ4v) is 11.9. The molecule has 4 aromatic carbocycles. The Bertz CT molecular complexity index is 3440. The van der Waals surface area contributed by atoms with Crippen molar-refractivity contribution in [3.05, 3.63) is 191 Å². The smallest absolute Gasteiger partial charge is 0.407 e. The summed E-state index contributed by atoms with van der Waals surface area (Å²) in [5.41, 5.74) is 8.55. The molecule has 9 N–H and O–H groups in total. The average molecular weight is 1320 g/mol. The number of carbonyl (C=O) groups excluding carboxylic acids is 6. The monoisotopic (exact) mass is 1320 g/mol. The van der Waals surface area contributed by atoms with Gasteiger partial charge in [-0.25, -0.2) is 14.6 Å². The van der Waals surface area contributed by atoms with Gasteiger partial charge in [-0.05, 0) is 102 Å². The van der Waals surface area contributed by atoms with E-state index in [9.17, 15) is 44.1 Å². The van der Waals surface area contributed by atoms with Gasteiger partial charge in [-0.1, -0.05) is 163 Å².